The summed E-state index contributed by atoms with van der Waals surface area (Å²) in [7, 11) is 0. The van der Waals surface area contributed by atoms with Gasteiger partial charge in [-0.3, -0.25) is 4.90 Å². The molecule has 0 saturated carbocycles. The molecule has 2 bridgehead atoms. The summed E-state index contributed by atoms with van der Waals surface area (Å²) in [6, 6.07) is 1.62. The molecule has 0 amide bonds. The van der Waals surface area contributed by atoms with Gasteiger partial charge in [-0.25, -0.2) is 0 Å². The summed E-state index contributed by atoms with van der Waals surface area (Å²) in [5.74, 6) is 1.72. The number of likely N-dealkylation sites (tertiary alicyclic amines) is 1. The minimum atomic E-state index is 0.752. The van der Waals surface area contributed by atoms with Gasteiger partial charge in [-0.1, -0.05) is 0 Å². The smallest absolute Gasteiger partial charge is 0.0255 e. The highest BCUT2D eigenvalue weighted by Gasteiger charge is 2.40. The maximum Gasteiger partial charge on any atom is 0.0255 e. The van der Waals surface area contributed by atoms with Crippen molar-refractivity contribution in [1.29, 1.82) is 0 Å². The second-order valence-electron chi connectivity index (χ2n) is 6.43. The molecule has 17 heavy (non-hydrogen) atoms. The molecule has 3 unspecified atom stereocenters. The van der Waals surface area contributed by atoms with Gasteiger partial charge in [0.1, 0.15) is 0 Å². The lowest BCUT2D eigenvalue weighted by Gasteiger charge is -2.53. The monoisotopic (exact) mass is 237 g/mol. The van der Waals surface area contributed by atoms with Crippen LogP contribution in [-0.2, 0) is 0 Å². The first-order chi connectivity index (χ1) is 8.28. The van der Waals surface area contributed by atoms with Gasteiger partial charge in [0.15, 0.2) is 0 Å². The molecule has 4 fully saturated rings. The van der Waals surface area contributed by atoms with Gasteiger partial charge < -0.3 is 10.6 Å². The molecule has 0 radical (unpaired) electrons. The summed E-state index contributed by atoms with van der Waals surface area (Å²) >= 11 is 0. The Morgan fingerprint density at radius 1 is 1.06 bits per heavy atom. The summed E-state index contributed by atoms with van der Waals surface area (Å²) in [6.07, 6.45) is 5.56. The summed E-state index contributed by atoms with van der Waals surface area (Å²) in [5.41, 5.74) is 5.88. The number of nitrogens with zero attached hydrogens (tertiary/aromatic N) is 2. The highest BCUT2D eigenvalue weighted by atomic mass is 15.3. The molecule has 98 valence electrons. The number of piperidine rings is 4. The van der Waals surface area contributed by atoms with Crippen molar-refractivity contribution in [2.45, 2.75) is 44.7 Å². The maximum absolute atomic E-state index is 5.88. The van der Waals surface area contributed by atoms with Crippen molar-refractivity contribution in [3.05, 3.63) is 0 Å². The molecule has 4 saturated heterocycles. The second-order valence-corrected chi connectivity index (χ2v) is 6.43. The van der Waals surface area contributed by atoms with Crippen LogP contribution in [0.15, 0.2) is 0 Å². The molecular formula is C14H27N3. The van der Waals surface area contributed by atoms with Crippen molar-refractivity contribution in [3.63, 3.8) is 0 Å². The van der Waals surface area contributed by atoms with Gasteiger partial charge in [-0.15, -0.1) is 0 Å². The third-order valence-corrected chi connectivity index (χ3v) is 5.41. The zero-order chi connectivity index (χ0) is 11.8. The SMILES string of the molecule is CC1CCC(CN)CN1C1CN2CCC1CC2. The maximum atomic E-state index is 5.88. The first-order valence-electron chi connectivity index (χ1n) is 7.46. The fraction of sp³-hybridized carbons (Fsp3) is 1.00. The quantitative estimate of drug-likeness (QED) is 0.782. The molecule has 2 N–H and O–H groups in total. The minimum Gasteiger partial charge on any atom is -0.330 e. The minimum absolute atomic E-state index is 0.752. The van der Waals surface area contributed by atoms with Crippen LogP contribution in [0.4, 0.5) is 0 Å². The molecule has 4 rings (SSSR count). The van der Waals surface area contributed by atoms with Crippen LogP contribution in [0, 0.1) is 11.8 Å². The Morgan fingerprint density at radius 3 is 2.41 bits per heavy atom. The van der Waals surface area contributed by atoms with Crippen LogP contribution in [0.5, 0.6) is 0 Å². The molecule has 4 aliphatic heterocycles. The summed E-state index contributed by atoms with van der Waals surface area (Å²) in [6.45, 7) is 8.58. The van der Waals surface area contributed by atoms with Crippen molar-refractivity contribution >= 4 is 0 Å². The molecule has 4 heterocycles. The van der Waals surface area contributed by atoms with E-state index in [0.717, 1.165) is 30.5 Å². The van der Waals surface area contributed by atoms with E-state index in [1.54, 1.807) is 0 Å². The fourth-order valence-electron chi connectivity index (χ4n) is 4.18. The number of rotatable bonds is 2. The predicted octanol–water partition coefficient (Wildman–Crippen LogP) is 1.14. The van der Waals surface area contributed by atoms with E-state index < -0.39 is 0 Å². The Bertz CT molecular complexity index is 260. The van der Waals surface area contributed by atoms with Crippen molar-refractivity contribution in [2.75, 3.05) is 32.7 Å². The number of fused-ring (bicyclic) bond motifs is 3. The molecule has 0 aromatic rings. The topological polar surface area (TPSA) is 32.5 Å². The summed E-state index contributed by atoms with van der Waals surface area (Å²) < 4.78 is 0. The van der Waals surface area contributed by atoms with Gasteiger partial charge in [0.05, 0.1) is 0 Å². The number of hydrogen-bond acceptors (Lipinski definition) is 3. The van der Waals surface area contributed by atoms with Crippen molar-refractivity contribution in [3.8, 4) is 0 Å². The molecule has 3 heteroatoms. The molecule has 0 aromatic carbocycles. The van der Waals surface area contributed by atoms with Crippen LogP contribution in [0.3, 0.4) is 0 Å². The van der Waals surface area contributed by atoms with Crippen molar-refractivity contribution in [1.82, 2.24) is 9.80 Å². The first kappa shape index (κ1) is 11.9. The van der Waals surface area contributed by atoms with Crippen LogP contribution in [0.2, 0.25) is 0 Å². The predicted molar refractivity (Wildman–Crippen MR) is 70.9 cm³/mol. The van der Waals surface area contributed by atoms with Gasteiger partial charge in [0.2, 0.25) is 0 Å². The summed E-state index contributed by atoms with van der Waals surface area (Å²) in [4.78, 5) is 5.47. The molecule has 3 atom stereocenters. The van der Waals surface area contributed by atoms with E-state index in [1.165, 1.54) is 51.9 Å². The van der Waals surface area contributed by atoms with Crippen LogP contribution in [0.25, 0.3) is 0 Å². The van der Waals surface area contributed by atoms with Gasteiger partial charge in [0, 0.05) is 25.2 Å². The Hall–Kier alpha value is -0.120. The zero-order valence-corrected chi connectivity index (χ0v) is 11.1. The lowest BCUT2D eigenvalue weighted by atomic mass is 9.80. The van der Waals surface area contributed by atoms with Gasteiger partial charge in [0.25, 0.3) is 0 Å². The Kier molecular flexibility index (Phi) is 3.42. The third kappa shape index (κ3) is 2.25. The average Bonchev–Trinajstić information content (AvgIpc) is 2.40. The third-order valence-electron chi connectivity index (χ3n) is 5.41. The average molecular weight is 237 g/mol. The van der Waals surface area contributed by atoms with E-state index >= 15 is 0 Å². The van der Waals surface area contributed by atoms with Crippen LogP contribution >= 0.6 is 0 Å². The molecule has 3 nitrogen and oxygen atoms in total. The molecule has 4 aliphatic rings. The Morgan fingerprint density at radius 2 is 1.82 bits per heavy atom. The second kappa shape index (κ2) is 4.87. The molecular weight excluding hydrogens is 210 g/mol. The summed E-state index contributed by atoms with van der Waals surface area (Å²) in [5, 5.41) is 0. The van der Waals surface area contributed by atoms with E-state index in [0.29, 0.717) is 0 Å². The normalized spacial score (nSPS) is 47.3. The molecule has 0 spiro atoms. The van der Waals surface area contributed by atoms with E-state index in [4.69, 9.17) is 5.73 Å². The van der Waals surface area contributed by atoms with E-state index in [2.05, 4.69) is 16.7 Å². The molecule has 0 aliphatic carbocycles. The Balaban J connectivity index is 1.69. The number of hydrogen-bond donors (Lipinski definition) is 1. The van der Waals surface area contributed by atoms with E-state index in [1.807, 2.05) is 0 Å². The number of nitrogens with two attached hydrogens (primary N) is 1. The highest BCUT2D eigenvalue weighted by Crippen LogP contribution is 2.34. The Labute approximate surface area is 105 Å². The van der Waals surface area contributed by atoms with Crippen molar-refractivity contribution < 1.29 is 0 Å². The molecule has 0 aromatic heterocycles. The largest absolute Gasteiger partial charge is 0.330 e. The van der Waals surface area contributed by atoms with E-state index in [9.17, 15) is 0 Å². The van der Waals surface area contributed by atoms with E-state index in [-0.39, 0.29) is 0 Å². The lowest BCUT2D eigenvalue weighted by Crippen LogP contribution is -2.61. The standard InChI is InChI=1S/C14H27N3/c1-11-2-3-12(8-15)9-17(11)14-10-16-6-4-13(14)5-7-16/h11-14H,2-10,15H2,1H3. The van der Waals surface area contributed by atoms with Crippen LogP contribution in [-0.4, -0.2) is 54.6 Å². The van der Waals surface area contributed by atoms with Crippen LogP contribution < -0.4 is 5.73 Å². The van der Waals surface area contributed by atoms with Crippen LogP contribution in [0.1, 0.15) is 32.6 Å². The van der Waals surface area contributed by atoms with Gasteiger partial charge in [-0.05, 0) is 64.1 Å². The van der Waals surface area contributed by atoms with Crippen molar-refractivity contribution in [2.24, 2.45) is 17.6 Å². The fourth-order valence-corrected chi connectivity index (χ4v) is 4.18. The van der Waals surface area contributed by atoms with Gasteiger partial charge >= 0.3 is 0 Å². The van der Waals surface area contributed by atoms with Gasteiger partial charge in [-0.2, -0.15) is 0 Å². The first-order valence-corrected chi connectivity index (χ1v) is 7.46. The zero-order valence-electron chi connectivity index (χ0n) is 11.1. The lowest BCUT2D eigenvalue weighted by molar-refractivity contribution is -0.0329. The highest BCUT2D eigenvalue weighted by molar-refractivity contribution is 4.95.